The lowest BCUT2D eigenvalue weighted by atomic mass is 9.80. The van der Waals surface area contributed by atoms with E-state index in [1.165, 1.54) is 6.42 Å². The molecule has 0 heterocycles. The number of rotatable bonds is 1. The summed E-state index contributed by atoms with van der Waals surface area (Å²) in [5.74, 6) is 0.816. The summed E-state index contributed by atoms with van der Waals surface area (Å²) in [4.78, 5) is 10.9. The Kier molecular flexibility index (Phi) is 2.45. The summed E-state index contributed by atoms with van der Waals surface area (Å²) < 4.78 is 0. The molecule has 0 aromatic heterocycles. The Labute approximate surface area is 74.7 Å². The van der Waals surface area contributed by atoms with Crippen molar-refractivity contribution >= 4 is 5.91 Å². The topological polar surface area (TPSA) is 29.1 Å². The van der Waals surface area contributed by atoms with Crippen LogP contribution < -0.4 is 5.32 Å². The number of hydrogen-bond donors (Lipinski definition) is 1. The minimum atomic E-state index is 0.0992. The highest BCUT2D eigenvalue weighted by molar-refractivity contribution is 5.73. The van der Waals surface area contributed by atoms with Gasteiger partial charge >= 0.3 is 0 Å². The maximum Gasteiger partial charge on any atom is 0.217 e. The second kappa shape index (κ2) is 3.08. The Morgan fingerprint density at radius 2 is 2.00 bits per heavy atom. The molecule has 0 aliphatic heterocycles. The smallest absolute Gasteiger partial charge is 0.217 e. The van der Waals surface area contributed by atoms with Crippen LogP contribution >= 0.6 is 0 Å². The Morgan fingerprint density at radius 1 is 1.42 bits per heavy atom. The molecule has 1 aliphatic carbocycles. The second-order valence-electron chi connectivity index (χ2n) is 4.55. The van der Waals surface area contributed by atoms with Crippen LogP contribution in [0.15, 0.2) is 0 Å². The molecule has 2 atom stereocenters. The molecule has 1 rings (SSSR count). The summed E-state index contributed by atoms with van der Waals surface area (Å²) in [5.41, 5.74) is 0.270. The number of nitrogens with one attached hydrogen (secondary N) is 1. The van der Waals surface area contributed by atoms with E-state index in [9.17, 15) is 4.79 Å². The highest BCUT2D eigenvalue weighted by Gasteiger charge is 2.40. The molecular formula is C10H19NO. The molecule has 1 aliphatic rings. The first-order valence-electron chi connectivity index (χ1n) is 4.71. The van der Waals surface area contributed by atoms with Gasteiger partial charge in [0.05, 0.1) is 0 Å². The third-order valence-electron chi connectivity index (χ3n) is 3.43. The molecule has 0 bridgehead atoms. The monoisotopic (exact) mass is 169 g/mol. The van der Waals surface area contributed by atoms with Crippen molar-refractivity contribution < 1.29 is 4.79 Å². The zero-order valence-corrected chi connectivity index (χ0v) is 8.48. The number of hydrogen-bond acceptors (Lipinski definition) is 1. The summed E-state index contributed by atoms with van der Waals surface area (Å²) in [6.07, 6.45) is 2.37. The van der Waals surface area contributed by atoms with Gasteiger partial charge in [-0.15, -0.1) is 0 Å². The van der Waals surface area contributed by atoms with Crippen molar-refractivity contribution in [2.45, 2.75) is 46.6 Å². The summed E-state index contributed by atoms with van der Waals surface area (Å²) in [6, 6.07) is 0.380. The molecule has 12 heavy (non-hydrogen) atoms. The van der Waals surface area contributed by atoms with E-state index in [-0.39, 0.29) is 11.3 Å². The number of carbonyl (C=O) groups excluding carboxylic acids is 1. The summed E-state index contributed by atoms with van der Waals surface area (Å²) in [6.45, 7) is 8.34. The summed E-state index contributed by atoms with van der Waals surface area (Å²) >= 11 is 0. The third-order valence-corrected chi connectivity index (χ3v) is 3.43. The Balaban J connectivity index is 2.62. The van der Waals surface area contributed by atoms with Gasteiger partial charge in [-0.3, -0.25) is 4.79 Å². The zero-order valence-electron chi connectivity index (χ0n) is 8.48. The van der Waals surface area contributed by atoms with E-state index >= 15 is 0 Å². The first-order chi connectivity index (χ1) is 5.44. The SMILES string of the molecule is CC(=O)N[C@H]1CC[C@@H](C)C1(C)C. The molecule has 1 fully saturated rings. The van der Waals surface area contributed by atoms with Crippen LogP contribution in [0.3, 0.4) is 0 Å². The van der Waals surface area contributed by atoms with Crippen LogP contribution in [0.5, 0.6) is 0 Å². The van der Waals surface area contributed by atoms with Gasteiger partial charge in [0.15, 0.2) is 0 Å². The molecule has 70 valence electrons. The first-order valence-corrected chi connectivity index (χ1v) is 4.71. The molecule has 2 nitrogen and oxygen atoms in total. The molecule has 2 heteroatoms. The fraction of sp³-hybridized carbons (Fsp3) is 0.900. The van der Waals surface area contributed by atoms with E-state index in [1.54, 1.807) is 6.92 Å². The van der Waals surface area contributed by atoms with E-state index in [0.29, 0.717) is 12.0 Å². The van der Waals surface area contributed by atoms with Crippen molar-refractivity contribution in [2.24, 2.45) is 11.3 Å². The molecule has 0 unspecified atom stereocenters. The summed E-state index contributed by atoms with van der Waals surface area (Å²) in [7, 11) is 0. The molecule has 0 aromatic rings. The molecule has 0 radical (unpaired) electrons. The standard InChI is InChI=1S/C10H19NO/c1-7-5-6-9(10(7,3)4)11-8(2)12/h7,9H,5-6H2,1-4H3,(H,11,12)/t7-,9+/m1/s1. The minimum Gasteiger partial charge on any atom is -0.353 e. The second-order valence-corrected chi connectivity index (χ2v) is 4.55. The largest absolute Gasteiger partial charge is 0.353 e. The predicted octanol–water partition coefficient (Wildman–Crippen LogP) is 1.95. The lowest BCUT2D eigenvalue weighted by molar-refractivity contribution is -0.120. The van der Waals surface area contributed by atoms with Gasteiger partial charge in [0.1, 0.15) is 0 Å². The molecule has 0 saturated heterocycles. The van der Waals surface area contributed by atoms with Crippen LogP contribution in [0.1, 0.15) is 40.5 Å². The van der Waals surface area contributed by atoms with Crippen LogP contribution in [0.25, 0.3) is 0 Å². The van der Waals surface area contributed by atoms with Gasteiger partial charge in [-0.1, -0.05) is 20.8 Å². The van der Waals surface area contributed by atoms with E-state index < -0.39 is 0 Å². The van der Waals surface area contributed by atoms with Gasteiger partial charge in [0.2, 0.25) is 5.91 Å². The minimum absolute atomic E-state index is 0.0992. The maximum atomic E-state index is 10.9. The average molecular weight is 169 g/mol. The average Bonchev–Trinajstić information content (AvgIpc) is 2.15. The normalized spacial score (nSPS) is 33.3. The Morgan fingerprint density at radius 3 is 2.33 bits per heavy atom. The van der Waals surface area contributed by atoms with Crippen molar-refractivity contribution in [2.75, 3.05) is 0 Å². The quantitative estimate of drug-likeness (QED) is 0.638. The van der Waals surface area contributed by atoms with Crippen molar-refractivity contribution in [3.63, 3.8) is 0 Å². The molecule has 1 N–H and O–H groups in total. The molecule has 0 spiro atoms. The van der Waals surface area contributed by atoms with Gasteiger partial charge in [-0.2, -0.15) is 0 Å². The lowest BCUT2D eigenvalue weighted by Crippen LogP contribution is -2.42. The van der Waals surface area contributed by atoms with Crippen molar-refractivity contribution in [1.29, 1.82) is 0 Å². The van der Waals surface area contributed by atoms with Crippen molar-refractivity contribution in [1.82, 2.24) is 5.32 Å². The Hall–Kier alpha value is -0.530. The van der Waals surface area contributed by atoms with Crippen LogP contribution in [-0.4, -0.2) is 11.9 Å². The van der Waals surface area contributed by atoms with E-state index in [2.05, 4.69) is 26.1 Å². The number of carbonyl (C=O) groups is 1. The highest BCUT2D eigenvalue weighted by atomic mass is 16.1. The van der Waals surface area contributed by atoms with Crippen LogP contribution in [-0.2, 0) is 4.79 Å². The fourth-order valence-electron chi connectivity index (χ4n) is 2.01. The van der Waals surface area contributed by atoms with Crippen LogP contribution in [0, 0.1) is 11.3 Å². The molecule has 1 amide bonds. The van der Waals surface area contributed by atoms with Gasteiger partial charge in [0.25, 0.3) is 0 Å². The molecule has 1 saturated carbocycles. The van der Waals surface area contributed by atoms with Crippen molar-refractivity contribution in [3.8, 4) is 0 Å². The van der Waals surface area contributed by atoms with Crippen LogP contribution in [0.2, 0.25) is 0 Å². The third kappa shape index (κ3) is 1.62. The van der Waals surface area contributed by atoms with Gasteiger partial charge in [-0.05, 0) is 24.2 Å². The van der Waals surface area contributed by atoms with Gasteiger partial charge in [-0.25, -0.2) is 0 Å². The van der Waals surface area contributed by atoms with Gasteiger partial charge in [0, 0.05) is 13.0 Å². The Bertz CT molecular complexity index is 186. The zero-order chi connectivity index (χ0) is 9.35. The molecule has 0 aromatic carbocycles. The van der Waals surface area contributed by atoms with Gasteiger partial charge < -0.3 is 5.32 Å². The highest BCUT2D eigenvalue weighted by Crippen LogP contribution is 2.42. The van der Waals surface area contributed by atoms with Crippen LogP contribution in [0.4, 0.5) is 0 Å². The summed E-state index contributed by atoms with van der Waals surface area (Å²) in [5, 5.41) is 3.02. The lowest BCUT2D eigenvalue weighted by Gasteiger charge is -2.31. The predicted molar refractivity (Wildman–Crippen MR) is 49.8 cm³/mol. The first kappa shape index (κ1) is 9.56. The van der Waals surface area contributed by atoms with E-state index in [0.717, 1.165) is 6.42 Å². The van der Waals surface area contributed by atoms with E-state index in [1.807, 2.05) is 0 Å². The number of amides is 1. The van der Waals surface area contributed by atoms with Crippen molar-refractivity contribution in [3.05, 3.63) is 0 Å². The van der Waals surface area contributed by atoms with E-state index in [4.69, 9.17) is 0 Å². The fourth-order valence-corrected chi connectivity index (χ4v) is 2.01. The maximum absolute atomic E-state index is 10.9. The molecular weight excluding hydrogens is 150 g/mol.